The maximum atomic E-state index is 11.4. The van der Waals surface area contributed by atoms with Crippen LogP contribution in [0.4, 0.5) is 0 Å². The van der Waals surface area contributed by atoms with Crippen LogP contribution in [0.2, 0.25) is 0 Å². The topological polar surface area (TPSA) is 52.6 Å². The molecule has 1 aromatic rings. The fourth-order valence-electron chi connectivity index (χ4n) is 0.917. The molecule has 0 radical (unpaired) electrons. The molecule has 0 aromatic heterocycles. The molecule has 5 heteroatoms. The molecule has 0 N–H and O–H groups in total. The van der Waals surface area contributed by atoms with E-state index in [1.165, 1.54) is 0 Å². The summed E-state index contributed by atoms with van der Waals surface area (Å²) in [6.07, 6.45) is 0. The third-order valence-corrected chi connectivity index (χ3v) is 2.39. The third-order valence-electron chi connectivity index (χ3n) is 1.29. The van der Waals surface area contributed by atoms with E-state index in [2.05, 4.69) is 0 Å². The quantitative estimate of drug-likeness (QED) is 0.798. The summed E-state index contributed by atoms with van der Waals surface area (Å²) < 4.78 is 32.2. The van der Waals surface area contributed by atoms with Gasteiger partial charge in [0.05, 0.1) is 5.60 Å². The Morgan fingerprint density at radius 2 is 1.60 bits per heavy atom. The summed E-state index contributed by atoms with van der Waals surface area (Å²) in [4.78, 5) is 0. The van der Waals surface area contributed by atoms with Gasteiger partial charge in [0.25, 0.3) is 0 Å². The van der Waals surface area contributed by atoms with Gasteiger partial charge in [-0.05, 0) is 32.9 Å². The first-order valence-corrected chi connectivity index (χ1v) is 5.82. The molecule has 84 valence electrons. The molecule has 0 saturated carbocycles. The van der Waals surface area contributed by atoms with Crippen LogP contribution < -0.4 is 4.18 Å². The van der Waals surface area contributed by atoms with Crippen LogP contribution in [0.3, 0.4) is 0 Å². The minimum Gasteiger partial charge on any atom is -0.362 e. The van der Waals surface area contributed by atoms with E-state index in [1.54, 1.807) is 51.1 Å². The standard InChI is InChI=1S/C10H14O4S/c1-10(2,3)14-15(11,12)13-9-7-5-4-6-8-9/h4-8H,1-3H3. The lowest BCUT2D eigenvalue weighted by molar-refractivity contribution is 0.121. The molecule has 1 aromatic carbocycles. The smallest absolute Gasteiger partial charge is 0.362 e. The Bertz CT molecular complexity index is 403. The van der Waals surface area contributed by atoms with Gasteiger partial charge in [-0.1, -0.05) is 18.2 Å². The van der Waals surface area contributed by atoms with E-state index < -0.39 is 16.0 Å². The van der Waals surface area contributed by atoms with Crippen molar-refractivity contribution in [2.24, 2.45) is 0 Å². The van der Waals surface area contributed by atoms with Crippen LogP contribution >= 0.6 is 0 Å². The van der Waals surface area contributed by atoms with Crippen molar-refractivity contribution < 1.29 is 16.8 Å². The fraction of sp³-hybridized carbons (Fsp3) is 0.400. The highest BCUT2D eigenvalue weighted by atomic mass is 32.3. The van der Waals surface area contributed by atoms with E-state index in [0.717, 1.165) is 0 Å². The zero-order chi connectivity index (χ0) is 11.5. The van der Waals surface area contributed by atoms with Crippen molar-refractivity contribution in [3.63, 3.8) is 0 Å². The Kier molecular flexibility index (Phi) is 3.36. The number of para-hydroxylation sites is 1. The van der Waals surface area contributed by atoms with Crippen molar-refractivity contribution in [2.75, 3.05) is 0 Å². The first-order chi connectivity index (χ1) is 6.79. The molecule has 0 aliphatic carbocycles. The van der Waals surface area contributed by atoms with Gasteiger partial charge in [-0.2, -0.15) is 8.42 Å². The van der Waals surface area contributed by atoms with Crippen molar-refractivity contribution in [2.45, 2.75) is 26.4 Å². The zero-order valence-corrected chi connectivity index (χ0v) is 9.74. The molecule has 15 heavy (non-hydrogen) atoms. The highest BCUT2D eigenvalue weighted by Gasteiger charge is 2.23. The molecule has 0 saturated heterocycles. The first-order valence-electron chi connectivity index (χ1n) is 4.49. The summed E-state index contributed by atoms with van der Waals surface area (Å²) >= 11 is 0. The summed E-state index contributed by atoms with van der Waals surface area (Å²) in [7, 11) is -3.99. The SMILES string of the molecule is CC(C)(C)OS(=O)(=O)Oc1ccccc1. The second kappa shape index (κ2) is 4.20. The van der Waals surface area contributed by atoms with Crippen LogP contribution in [-0.4, -0.2) is 14.0 Å². The van der Waals surface area contributed by atoms with E-state index in [0.29, 0.717) is 0 Å². The molecule has 1 rings (SSSR count). The maximum absolute atomic E-state index is 11.4. The Hall–Kier alpha value is -1.07. The van der Waals surface area contributed by atoms with Crippen LogP contribution in [0.15, 0.2) is 30.3 Å². The molecule has 0 spiro atoms. The second-order valence-electron chi connectivity index (χ2n) is 4.00. The molecular formula is C10H14O4S. The summed E-state index contributed by atoms with van der Waals surface area (Å²) in [6, 6.07) is 8.22. The average Bonchev–Trinajstić information content (AvgIpc) is 1.99. The van der Waals surface area contributed by atoms with Crippen LogP contribution in [0.5, 0.6) is 5.75 Å². The zero-order valence-electron chi connectivity index (χ0n) is 8.93. The molecule has 0 fully saturated rings. The van der Waals surface area contributed by atoms with Crippen molar-refractivity contribution in [1.29, 1.82) is 0 Å². The van der Waals surface area contributed by atoms with Crippen LogP contribution in [0.25, 0.3) is 0 Å². The van der Waals surface area contributed by atoms with Crippen molar-refractivity contribution in [1.82, 2.24) is 0 Å². The first kappa shape index (κ1) is 12.0. The Balaban J connectivity index is 2.74. The van der Waals surface area contributed by atoms with E-state index in [-0.39, 0.29) is 5.75 Å². The van der Waals surface area contributed by atoms with Gasteiger partial charge in [0, 0.05) is 0 Å². The van der Waals surface area contributed by atoms with Crippen LogP contribution in [0, 0.1) is 0 Å². The Labute approximate surface area is 90.2 Å². The van der Waals surface area contributed by atoms with Crippen molar-refractivity contribution in [3.8, 4) is 5.75 Å². The highest BCUT2D eigenvalue weighted by Crippen LogP contribution is 2.17. The van der Waals surface area contributed by atoms with Gasteiger partial charge in [0.1, 0.15) is 5.75 Å². The fourth-order valence-corrected chi connectivity index (χ4v) is 1.91. The van der Waals surface area contributed by atoms with Crippen LogP contribution in [0.1, 0.15) is 20.8 Å². The average molecular weight is 230 g/mol. The highest BCUT2D eigenvalue weighted by molar-refractivity contribution is 7.82. The summed E-state index contributed by atoms with van der Waals surface area (Å²) in [6.45, 7) is 4.91. The second-order valence-corrected chi connectivity index (χ2v) is 5.15. The van der Waals surface area contributed by atoms with E-state index in [1.807, 2.05) is 0 Å². The van der Waals surface area contributed by atoms with Crippen molar-refractivity contribution >= 4 is 10.4 Å². The van der Waals surface area contributed by atoms with Gasteiger partial charge < -0.3 is 4.18 Å². The number of hydrogen-bond donors (Lipinski definition) is 0. The van der Waals surface area contributed by atoms with Gasteiger partial charge in [-0.3, -0.25) is 0 Å². The summed E-state index contributed by atoms with van der Waals surface area (Å²) in [5.41, 5.74) is -0.798. The summed E-state index contributed by atoms with van der Waals surface area (Å²) in [5, 5.41) is 0. The van der Waals surface area contributed by atoms with Crippen molar-refractivity contribution in [3.05, 3.63) is 30.3 Å². The van der Waals surface area contributed by atoms with E-state index in [9.17, 15) is 8.42 Å². The van der Waals surface area contributed by atoms with Gasteiger partial charge in [0.15, 0.2) is 0 Å². The maximum Gasteiger partial charge on any atom is 0.449 e. The third kappa shape index (κ3) is 4.80. The molecule has 0 heterocycles. The normalized spacial score (nSPS) is 12.5. The predicted molar refractivity (Wildman–Crippen MR) is 56.8 cm³/mol. The largest absolute Gasteiger partial charge is 0.449 e. The Morgan fingerprint density at radius 1 is 1.07 bits per heavy atom. The van der Waals surface area contributed by atoms with Gasteiger partial charge in [0.2, 0.25) is 0 Å². The molecular weight excluding hydrogens is 216 g/mol. The van der Waals surface area contributed by atoms with E-state index >= 15 is 0 Å². The number of hydrogen-bond acceptors (Lipinski definition) is 4. The molecule has 0 atom stereocenters. The molecule has 0 aliphatic heterocycles. The number of benzene rings is 1. The lowest BCUT2D eigenvalue weighted by Crippen LogP contribution is -2.27. The monoisotopic (exact) mass is 230 g/mol. The minimum atomic E-state index is -3.99. The van der Waals surface area contributed by atoms with Crippen LogP contribution in [-0.2, 0) is 14.6 Å². The lowest BCUT2D eigenvalue weighted by Gasteiger charge is -2.18. The molecule has 0 bridgehead atoms. The molecule has 0 unspecified atom stereocenters. The molecule has 0 aliphatic rings. The van der Waals surface area contributed by atoms with Gasteiger partial charge in [-0.25, -0.2) is 4.18 Å². The summed E-state index contributed by atoms with van der Waals surface area (Å²) in [5.74, 6) is 0.238. The minimum absolute atomic E-state index is 0.238. The lowest BCUT2D eigenvalue weighted by atomic mass is 10.2. The van der Waals surface area contributed by atoms with Gasteiger partial charge in [-0.15, -0.1) is 0 Å². The molecule has 4 nitrogen and oxygen atoms in total. The number of rotatable bonds is 3. The predicted octanol–water partition coefficient (Wildman–Crippen LogP) is 2.13. The van der Waals surface area contributed by atoms with Gasteiger partial charge >= 0.3 is 10.4 Å². The molecule has 0 amide bonds. The Morgan fingerprint density at radius 3 is 2.07 bits per heavy atom. The van der Waals surface area contributed by atoms with E-state index in [4.69, 9.17) is 8.37 Å².